The Labute approximate surface area is 111 Å². The smallest absolute Gasteiger partial charge is 0.279 e. The van der Waals surface area contributed by atoms with Gasteiger partial charge in [-0.25, -0.2) is 0 Å². The van der Waals surface area contributed by atoms with Crippen LogP contribution < -0.4 is 5.32 Å². The quantitative estimate of drug-likeness (QED) is 0.685. The number of anilines is 1. The van der Waals surface area contributed by atoms with Crippen LogP contribution in [0.4, 0.5) is 5.13 Å². The van der Waals surface area contributed by atoms with Gasteiger partial charge < -0.3 is 4.52 Å². The molecule has 1 aliphatic carbocycles. The van der Waals surface area contributed by atoms with Gasteiger partial charge in [0.25, 0.3) is 5.91 Å². The Balaban J connectivity index is 1.69. The highest BCUT2D eigenvalue weighted by Crippen LogP contribution is 2.40. The van der Waals surface area contributed by atoms with E-state index in [9.17, 15) is 4.79 Å². The second kappa shape index (κ2) is 4.69. The Morgan fingerprint density at radius 1 is 1.56 bits per heavy atom. The van der Waals surface area contributed by atoms with Crippen molar-refractivity contribution in [3.63, 3.8) is 0 Å². The summed E-state index contributed by atoms with van der Waals surface area (Å²) in [6, 6.07) is 1.70. The predicted octanol–water partition coefficient (Wildman–Crippen LogP) is 2.38. The molecule has 1 aliphatic rings. The van der Waals surface area contributed by atoms with Crippen LogP contribution in [0.3, 0.4) is 0 Å². The summed E-state index contributed by atoms with van der Waals surface area (Å²) in [5.74, 6) is 0.931. The molecule has 0 unspecified atom stereocenters. The van der Waals surface area contributed by atoms with Gasteiger partial charge in [-0.3, -0.25) is 10.1 Å². The van der Waals surface area contributed by atoms with Crippen LogP contribution in [-0.2, 0) is 0 Å². The van der Waals surface area contributed by atoms with Crippen molar-refractivity contribution in [2.45, 2.75) is 23.1 Å². The number of nitrogens with zero attached hydrogens (tertiary/aromatic N) is 3. The molecule has 94 valence electrons. The van der Waals surface area contributed by atoms with Crippen LogP contribution in [0.25, 0.3) is 0 Å². The lowest BCUT2D eigenvalue weighted by molar-refractivity contribution is 0.101. The molecule has 2 heterocycles. The molecule has 1 saturated carbocycles. The van der Waals surface area contributed by atoms with Gasteiger partial charge in [-0.15, -0.1) is 10.2 Å². The van der Waals surface area contributed by atoms with Crippen LogP contribution in [0.2, 0.25) is 0 Å². The average Bonchev–Trinajstić information content (AvgIpc) is 2.93. The van der Waals surface area contributed by atoms with Gasteiger partial charge in [-0.05, 0) is 19.1 Å². The van der Waals surface area contributed by atoms with Crippen molar-refractivity contribution in [1.29, 1.82) is 0 Å². The van der Waals surface area contributed by atoms with E-state index in [1.165, 1.54) is 23.1 Å². The summed E-state index contributed by atoms with van der Waals surface area (Å²) in [4.78, 5) is 11.9. The number of aromatic nitrogens is 3. The third kappa shape index (κ3) is 2.39. The fourth-order valence-electron chi connectivity index (χ4n) is 1.46. The summed E-state index contributed by atoms with van der Waals surface area (Å²) in [7, 11) is 0. The lowest BCUT2D eigenvalue weighted by Crippen LogP contribution is -2.11. The maximum Gasteiger partial charge on any atom is 0.279 e. The maximum absolute atomic E-state index is 11.9. The SMILES string of the molecule is CSc1nnc(NC(=O)c2cc(C3CC3)on2)s1. The lowest BCUT2D eigenvalue weighted by Gasteiger charge is -1.94. The van der Waals surface area contributed by atoms with E-state index in [0.717, 1.165) is 22.9 Å². The van der Waals surface area contributed by atoms with E-state index < -0.39 is 0 Å². The zero-order valence-electron chi connectivity index (χ0n) is 9.54. The summed E-state index contributed by atoms with van der Waals surface area (Å²) in [6.07, 6.45) is 4.14. The van der Waals surface area contributed by atoms with Crippen molar-refractivity contribution in [3.8, 4) is 0 Å². The third-order valence-electron chi connectivity index (χ3n) is 2.54. The molecule has 0 atom stereocenters. The molecular formula is C10H10N4O2S2. The maximum atomic E-state index is 11.9. The van der Waals surface area contributed by atoms with E-state index >= 15 is 0 Å². The average molecular weight is 282 g/mol. The van der Waals surface area contributed by atoms with Crippen LogP contribution in [-0.4, -0.2) is 27.5 Å². The van der Waals surface area contributed by atoms with E-state index in [0.29, 0.717) is 11.0 Å². The second-order valence-electron chi connectivity index (χ2n) is 3.92. The Morgan fingerprint density at radius 3 is 3.06 bits per heavy atom. The van der Waals surface area contributed by atoms with Crippen LogP contribution in [0.5, 0.6) is 0 Å². The largest absolute Gasteiger partial charge is 0.360 e. The molecule has 0 bridgehead atoms. The Kier molecular flexibility index (Phi) is 3.04. The molecule has 1 amide bonds. The Hall–Kier alpha value is -1.41. The van der Waals surface area contributed by atoms with E-state index in [2.05, 4.69) is 20.7 Å². The van der Waals surface area contributed by atoms with Gasteiger partial charge in [0, 0.05) is 12.0 Å². The van der Waals surface area contributed by atoms with Crippen molar-refractivity contribution in [2.75, 3.05) is 11.6 Å². The van der Waals surface area contributed by atoms with Gasteiger partial charge >= 0.3 is 0 Å². The zero-order chi connectivity index (χ0) is 12.5. The standard InChI is InChI=1S/C10H10N4O2S2/c1-17-10-13-12-9(18-10)11-8(15)6-4-7(16-14-6)5-2-3-5/h4-5H,2-3H2,1H3,(H,11,12,15). The lowest BCUT2D eigenvalue weighted by atomic mass is 10.3. The van der Waals surface area contributed by atoms with Crippen LogP contribution in [0.1, 0.15) is 35.0 Å². The number of hydrogen-bond acceptors (Lipinski definition) is 7. The van der Waals surface area contributed by atoms with Gasteiger partial charge in [0.15, 0.2) is 10.0 Å². The van der Waals surface area contributed by atoms with E-state index in [1.54, 1.807) is 6.07 Å². The number of nitrogens with one attached hydrogen (secondary N) is 1. The molecule has 0 aromatic carbocycles. The summed E-state index contributed by atoms with van der Waals surface area (Å²) in [5.41, 5.74) is 0.290. The van der Waals surface area contributed by atoms with Gasteiger partial charge in [0.05, 0.1) is 0 Å². The normalized spacial score (nSPS) is 14.7. The number of hydrogen-bond donors (Lipinski definition) is 1. The zero-order valence-corrected chi connectivity index (χ0v) is 11.2. The first kappa shape index (κ1) is 11.7. The molecule has 0 radical (unpaired) electrons. The topological polar surface area (TPSA) is 80.9 Å². The predicted molar refractivity (Wildman–Crippen MR) is 68.1 cm³/mol. The van der Waals surface area contributed by atoms with E-state index in [1.807, 2.05) is 6.26 Å². The molecule has 0 saturated heterocycles. The van der Waals surface area contributed by atoms with Gasteiger partial charge in [-0.1, -0.05) is 28.3 Å². The fourth-order valence-corrected chi connectivity index (χ4v) is 2.63. The van der Waals surface area contributed by atoms with Gasteiger partial charge in [-0.2, -0.15) is 0 Å². The first-order valence-corrected chi connectivity index (χ1v) is 7.46. The molecule has 8 heteroatoms. The Bertz CT molecular complexity index is 576. The van der Waals surface area contributed by atoms with Gasteiger partial charge in [0.1, 0.15) is 5.76 Å². The highest BCUT2D eigenvalue weighted by atomic mass is 32.2. The monoisotopic (exact) mass is 282 g/mol. The molecule has 18 heavy (non-hydrogen) atoms. The fraction of sp³-hybridized carbons (Fsp3) is 0.400. The number of amides is 1. The summed E-state index contributed by atoms with van der Waals surface area (Å²) in [6.45, 7) is 0. The second-order valence-corrected chi connectivity index (χ2v) is 5.95. The minimum atomic E-state index is -0.311. The summed E-state index contributed by atoms with van der Waals surface area (Å²) >= 11 is 2.82. The number of thioether (sulfide) groups is 1. The minimum Gasteiger partial charge on any atom is -0.360 e. The van der Waals surface area contributed by atoms with Crippen LogP contribution >= 0.6 is 23.1 Å². The Morgan fingerprint density at radius 2 is 2.39 bits per heavy atom. The van der Waals surface area contributed by atoms with E-state index in [4.69, 9.17) is 4.52 Å². The molecule has 6 nitrogen and oxygen atoms in total. The van der Waals surface area contributed by atoms with Crippen molar-refractivity contribution in [3.05, 3.63) is 17.5 Å². The summed E-state index contributed by atoms with van der Waals surface area (Å²) in [5, 5.41) is 14.7. The van der Waals surface area contributed by atoms with Crippen molar-refractivity contribution in [2.24, 2.45) is 0 Å². The van der Waals surface area contributed by atoms with Crippen molar-refractivity contribution >= 4 is 34.1 Å². The first-order chi connectivity index (χ1) is 8.76. The molecule has 2 aromatic heterocycles. The molecule has 1 N–H and O–H groups in total. The molecular weight excluding hydrogens is 272 g/mol. The molecule has 0 spiro atoms. The number of rotatable bonds is 4. The first-order valence-electron chi connectivity index (χ1n) is 5.41. The van der Waals surface area contributed by atoms with E-state index in [-0.39, 0.29) is 11.6 Å². The molecule has 3 rings (SSSR count). The third-order valence-corrected chi connectivity index (χ3v) is 4.36. The molecule has 2 aromatic rings. The van der Waals surface area contributed by atoms with Crippen LogP contribution in [0.15, 0.2) is 14.9 Å². The molecule has 1 fully saturated rings. The molecule has 0 aliphatic heterocycles. The highest BCUT2D eigenvalue weighted by molar-refractivity contribution is 8.00. The summed E-state index contributed by atoms with van der Waals surface area (Å²) < 4.78 is 5.94. The number of carbonyl (C=O) groups excluding carboxylic acids is 1. The van der Waals surface area contributed by atoms with Crippen molar-refractivity contribution < 1.29 is 9.32 Å². The highest BCUT2D eigenvalue weighted by Gasteiger charge is 2.29. The minimum absolute atomic E-state index is 0.290. The number of carbonyl (C=O) groups is 1. The van der Waals surface area contributed by atoms with Gasteiger partial charge in [0.2, 0.25) is 5.13 Å². The van der Waals surface area contributed by atoms with Crippen LogP contribution in [0, 0.1) is 0 Å². The van der Waals surface area contributed by atoms with Crippen molar-refractivity contribution in [1.82, 2.24) is 15.4 Å².